The topological polar surface area (TPSA) is 42.0 Å². The average Bonchev–Trinajstić information content (AvgIpc) is 2.80. The molecule has 2 rings (SSSR count). The fourth-order valence-corrected chi connectivity index (χ4v) is 3.23. The van der Waals surface area contributed by atoms with Crippen LogP contribution in [0.3, 0.4) is 0 Å². The number of amides is 1. The third-order valence-electron chi connectivity index (χ3n) is 2.24. The zero-order valence-corrected chi connectivity index (χ0v) is 13.9. The average molecular weight is 378 g/mol. The molecule has 0 aliphatic heterocycles. The Morgan fingerprint density at radius 1 is 1.58 bits per heavy atom. The maximum Gasteiger partial charge on any atom is 0.258 e. The van der Waals surface area contributed by atoms with E-state index in [1.807, 2.05) is 11.6 Å². The largest absolute Gasteiger partial charge is 0.298 e. The summed E-state index contributed by atoms with van der Waals surface area (Å²) in [7, 11) is 0. The van der Waals surface area contributed by atoms with Crippen molar-refractivity contribution in [3.63, 3.8) is 0 Å². The smallest absolute Gasteiger partial charge is 0.258 e. The van der Waals surface area contributed by atoms with Crippen LogP contribution < -0.4 is 5.32 Å². The summed E-state index contributed by atoms with van der Waals surface area (Å²) in [6, 6.07) is 5.16. The minimum Gasteiger partial charge on any atom is -0.298 e. The summed E-state index contributed by atoms with van der Waals surface area (Å²) in [5, 5.41) is 5.70. The zero-order chi connectivity index (χ0) is 13.8. The van der Waals surface area contributed by atoms with Gasteiger partial charge in [-0.15, -0.1) is 11.3 Å². The molecular weight excluding hydrogens is 368 g/mol. The summed E-state index contributed by atoms with van der Waals surface area (Å²) in [5.74, 6) is 0.584. The highest BCUT2D eigenvalue weighted by Gasteiger charge is 2.13. The Morgan fingerprint density at radius 3 is 3.11 bits per heavy atom. The molecular formula is C12H10BrClN2OS2. The number of benzene rings is 1. The second-order valence-electron chi connectivity index (χ2n) is 3.66. The van der Waals surface area contributed by atoms with Crippen molar-refractivity contribution in [1.82, 2.24) is 4.98 Å². The quantitative estimate of drug-likeness (QED) is 0.841. The van der Waals surface area contributed by atoms with E-state index in [1.165, 1.54) is 11.3 Å². The van der Waals surface area contributed by atoms with E-state index in [-0.39, 0.29) is 5.91 Å². The van der Waals surface area contributed by atoms with Crippen molar-refractivity contribution in [2.24, 2.45) is 0 Å². The van der Waals surface area contributed by atoms with Gasteiger partial charge in [-0.2, -0.15) is 11.8 Å². The van der Waals surface area contributed by atoms with Gasteiger partial charge in [0.25, 0.3) is 5.91 Å². The molecule has 3 nitrogen and oxygen atoms in total. The maximum atomic E-state index is 12.1. The number of rotatable bonds is 4. The van der Waals surface area contributed by atoms with Gasteiger partial charge >= 0.3 is 0 Å². The molecule has 0 aliphatic carbocycles. The number of hydrogen-bond acceptors (Lipinski definition) is 4. The molecule has 0 saturated carbocycles. The molecule has 7 heteroatoms. The van der Waals surface area contributed by atoms with Crippen LogP contribution in [-0.4, -0.2) is 17.1 Å². The summed E-state index contributed by atoms with van der Waals surface area (Å²) in [6.45, 7) is 0. The number of anilines is 1. The van der Waals surface area contributed by atoms with Gasteiger partial charge in [0, 0.05) is 15.6 Å². The van der Waals surface area contributed by atoms with Crippen molar-refractivity contribution in [3.8, 4) is 0 Å². The number of thioether (sulfide) groups is 1. The molecule has 1 N–H and O–H groups in total. The third kappa shape index (κ3) is 3.95. The van der Waals surface area contributed by atoms with E-state index in [0.717, 1.165) is 15.9 Å². The van der Waals surface area contributed by atoms with Gasteiger partial charge in [0.05, 0.1) is 16.3 Å². The second-order valence-corrected chi connectivity index (χ2v) is 6.70. The minimum absolute atomic E-state index is 0.253. The van der Waals surface area contributed by atoms with E-state index in [9.17, 15) is 4.79 Å². The van der Waals surface area contributed by atoms with Crippen LogP contribution in [0.25, 0.3) is 0 Å². The van der Waals surface area contributed by atoms with E-state index < -0.39 is 0 Å². The molecule has 0 aliphatic rings. The minimum atomic E-state index is -0.253. The molecule has 0 unspecified atom stereocenters. The Morgan fingerprint density at radius 2 is 2.37 bits per heavy atom. The standard InChI is InChI=1S/C12H10BrClN2OS2/c1-18-5-8-6-19-12(15-8)16-11(17)9-4-7(13)2-3-10(9)14/h2-4,6H,5H2,1H3,(H,15,16,17). The summed E-state index contributed by atoms with van der Waals surface area (Å²) >= 11 is 12.4. The van der Waals surface area contributed by atoms with Crippen LogP contribution in [-0.2, 0) is 5.75 Å². The van der Waals surface area contributed by atoms with Gasteiger partial charge in [0.15, 0.2) is 5.13 Å². The number of aromatic nitrogens is 1. The highest BCUT2D eigenvalue weighted by Crippen LogP contribution is 2.23. The number of nitrogens with zero attached hydrogens (tertiary/aromatic N) is 1. The van der Waals surface area contributed by atoms with Gasteiger partial charge in [0.2, 0.25) is 0 Å². The van der Waals surface area contributed by atoms with Crippen molar-refractivity contribution in [1.29, 1.82) is 0 Å². The lowest BCUT2D eigenvalue weighted by molar-refractivity contribution is 0.102. The molecule has 0 radical (unpaired) electrons. The molecule has 1 aromatic carbocycles. The summed E-state index contributed by atoms with van der Waals surface area (Å²) in [4.78, 5) is 16.4. The van der Waals surface area contributed by atoms with Crippen molar-refractivity contribution in [3.05, 3.63) is 44.3 Å². The van der Waals surface area contributed by atoms with E-state index in [0.29, 0.717) is 15.7 Å². The van der Waals surface area contributed by atoms with Crippen LogP contribution in [0.2, 0.25) is 5.02 Å². The number of carbonyl (C=O) groups is 1. The van der Waals surface area contributed by atoms with Crippen LogP contribution in [0.5, 0.6) is 0 Å². The summed E-state index contributed by atoms with van der Waals surface area (Å²) in [5.41, 5.74) is 1.39. The summed E-state index contributed by atoms with van der Waals surface area (Å²) in [6.07, 6.45) is 2.01. The van der Waals surface area contributed by atoms with Gasteiger partial charge in [-0.3, -0.25) is 10.1 Å². The maximum absolute atomic E-state index is 12.1. The highest BCUT2D eigenvalue weighted by atomic mass is 79.9. The van der Waals surface area contributed by atoms with Crippen LogP contribution in [0.4, 0.5) is 5.13 Å². The second kappa shape index (κ2) is 6.74. The first kappa shape index (κ1) is 14.8. The number of carbonyl (C=O) groups excluding carboxylic acids is 1. The molecule has 0 atom stereocenters. The van der Waals surface area contributed by atoms with Crippen LogP contribution in [0.1, 0.15) is 16.1 Å². The van der Waals surface area contributed by atoms with Crippen LogP contribution >= 0.6 is 50.6 Å². The van der Waals surface area contributed by atoms with Crippen molar-refractivity contribution in [2.75, 3.05) is 11.6 Å². The van der Waals surface area contributed by atoms with E-state index in [1.54, 1.807) is 30.0 Å². The SMILES string of the molecule is CSCc1csc(NC(=O)c2cc(Br)ccc2Cl)n1. The lowest BCUT2D eigenvalue weighted by Gasteiger charge is -2.04. The number of halogens is 2. The lowest BCUT2D eigenvalue weighted by atomic mass is 10.2. The Hall–Kier alpha value is -0.560. The normalized spacial score (nSPS) is 10.5. The fraction of sp³-hybridized carbons (Fsp3) is 0.167. The van der Waals surface area contributed by atoms with Crippen molar-refractivity contribution < 1.29 is 4.79 Å². The number of nitrogens with one attached hydrogen (secondary N) is 1. The van der Waals surface area contributed by atoms with Gasteiger partial charge in [-0.25, -0.2) is 4.98 Å². The van der Waals surface area contributed by atoms with Gasteiger partial charge in [-0.05, 0) is 24.5 Å². The van der Waals surface area contributed by atoms with Crippen molar-refractivity contribution in [2.45, 2.75) is 5.75 Å². The lowest BCUT2D eigenvalue weighted by Crippen LogP contribution is -2.12. The third-order valence-corrected chi connectivity index (χ3v) is 4.45. The molecule has 0 bridgehead atoms. The Bertz CT molecular complexity index is 603. The first-order valence-electron chi connectivity index (χ1n) is 5.30. The fourth-order valence-electron chi connectivity index (χ4n) is 1.41. The van der Waals surface area contributed by atoms with Gasteiger partial charge in [0.1, 0.15) is 0 Å². The first-order chi connectivity index (χ1) is 9.10. The van der Waals surface area contributed by atoms with Gasteiger partial charge < -0.3 is 0 Å². The Labute approximate surface area is 132 Å². The van der Waals surface area contributed by atoms with E-state index in [4.69, 9.17) is 11.6 Å². The number of hydrogen-bond donors (Lipinski definition) is 1. The van der Waals surface area contributed by atoms with Crippen molar-refractivity contribution >= 4 is 61.7 Å². The molecule has 0 spiro atoms. The van der Waals surface area contributed by atoms with Crippen LogP contribution in [0.15, 0.2) is 28.1 Å². The molecule has 0 saturated heterocycles. The Kier molecular flexibility index (Phi) is 5.27. The van der Waals surface area contributed by atoms with E-state index in [2.05, 4.69) is 26.2 Å². The molecule has 100 valence electrons. The zero-order valence-electron chi connectivity index (χ0n) is 9.94. The molecule has 1 heterocycles. The first-order valence-corrected chi connectivity index (χ1v) is 8.74. The molecule has 19 heavy (non-hydrogen) atoms. The van der Waals surface area contributed by atoms with Crippen LogP contribution in [0, 0.1) is 0 Å². The van der Waals surface area contributed by atoms with Gasteiger partial charge in [-0.1, -0.05) is 27.5 Å². The molecule has 1 aromatic heterocycles. The Balaban J connectivity index is 2.13. The molecule has 2 aromatic rings. The van der Waals surface area contributed by atoms with E-state index >= 15 is 0 Å². The molecule has 0 fully saturated rings. The number of thiazole rings is 1. The predicted octanol–water partition coefficient (Wildman–Crippen LogP) is 4.67. The summed E-state index contributed by atoms with van der Waals surface area (Å²) < 4.78 is 0.810. The predicted molar refractivity (Wildman–Crippen MR) is 86.4 cm³/mol. The molecule has 1 amide bonds. The monoisotopic (exact) mass is 376 g/mol. The highest BCUT2D eigenvalue weighted by molar-refractivity contribution is 9.10.